The highest BCUT2D eigenvalue weighted by atomic mass is 17.3. The lowest BCUT2D eigenvalue weighted by molar-refractivity contribution is -0.571. The second kappa shape index (κ2) is 12.1. The molecule has 5 aliphatic rings. The Balaban J connectivity index is 0.900. The summed E-state index contributed by atoms with van der Waals surface area (Å²) >= 11 is 0. The minimum absolute atomic E-state index is 0.0289. The number of nitrogens with zero attached hydrogens (tertiary/aromatic N) is 1. The zero-order chi connectivity index (χ0) is 32.2. The molecule has 248 valence electrons. The van der Waals surface area contributed by atoms with Crippen molar-refractivity contribution in [1.82, 2.24) is 4.57 Å². The standard InChI is InChI=1S/C36H45NO9/c1-21-9-13-31-28(17-21)37(34(40)43-31)19-24-11-14-32(29(39)18-24)41-20-25(38)7-5-6-8-30-23(3)27-12-10-22(2)26-15-16-35(4)44-33(42-30)36(26,27)46-45-35/h9,11,13-14,17-18,22-23,26-27,30,33,39H,5-8,10,12,15-16,19-20H2,1-4H3/t22-,23-,26+,27+,30+,33-,35+,36-/m1/s1. The lowest BCUT2D eigenvalue weighted by atomic mass is 9.57. The molecule has 2 bridgehead atoms. The third kappa shape index (κ3) is 5.57. The summed E-state index contributed by atoms with van der Waals surface area (Å²) in [6, 6.07) is 10.5. The average Bonchev–Trinajstić information content (AvgIpc) is 3.14. The van der Waals surface area contributed by atoms with E-state index in [1.165, 1.54) is 11.0 Å². The van der Waals surface area contributed by atoms with Crippen LogP contribution < -0.4 is 10.5 Å². The van der Waals surface area contributed by atoms with Crippen LogP contribution in [0.3, 0.4) is 0 Å². The maximum Gasteiger partial charge on any atom is 0.420 e. The van der Waals surface area contributed by atoms with Crippen LogP contribution in [0, 0.1) is 30.6 Å². The van der Waals surface area contributed by atoms with Crippen molar-refractivity contribution in [2.45, 2.75) is 109 Å². The lowest BCUT2D eigenvalue weighted by Gasteiger charge is -2.60. The van der Waals surface area contributed by atoms with Gasteiger partial charge in [0.2, 0.25) is 5.79 Å². The van der Waals surface area contributed by atoms with Crippen LogP contribution in [0.25, 0.3) is 11.1 Å². The van der Waals surface area contributed by atoms with E-state index in [1.807, 2.05) is 26.0 Å². The third-order valence-electron chi connectivity index (χ3n) is 11.1. The van der Waals surface area contributed by atoms with E-state index >= 15 is 0 Å². The van der Waals surface area contributed by atoms with Gasteiger partial charge in [-0.1, -0.05) is 32.4 Å². The van der Waals surface area contributed by atoms with Crippen LogP contribution in [0.15, 0.2) is 45.6 Å². The number of carbonyl (C=O) groups is 1. The summed E-state index contributed by atoms with van der Waals surface area (Å²) in [6.07, 6.45) is 6.46. The van der Waals surface area contributed by atoms with Crippen LogP contribution in [-0.4, -0.2) is 45.8 Å². The molecule has 0 radical (unpaired) electrons. The first-order chi connectivity index (χ1) is 22.1. The predicted molar refractivity (Wildman–Crippen MR) is 168 cm³/mol. The molecule has 2 aromatic carbocycles. The molecule has 10 heteroatoms. The summed E-state index contributed by atoms with van der Waals surface area (Å²) in [4.78, 5) is 37.3. The number of ketones is 1. The Bertz CT molecular complexity index is 1660. The van der Waals surface area contributed by atoms with Crippen LogP contribution >= 0.6 is 0 Å². The fraction of sp³-hybridized carbons (Fsp3) is 0.611. The Labute approximate surface area is 268 Å². The molecule has 1 aliphatic carbocycles. The number of aromatic nitrogens is 1. The molecule has 1 aromatic heterocycles. The summed E-state index contributed by atoms with van der Waals surface area (Å²) in [6.45, 7) is 8.60. The second-order valence-corrected chi connectivity index (χ2v) is 14.2. The number of ether oxygens (including phenoxy) is 3. The van der Waals surface area contributed by atoms with Gasteiger partial charge < -0.3 is 23.7 Å². The first-order valence-corrected chi connectivity index (χ1v) is 16.8. The van der Waals surface area contributed by atoms with Gasteiger partial charge in [0.15, 0.2) is 34.8 Å². The Kier molecular flexibility index (Phi) is 8.28. The molecule has 46 heavy (non-hydrogen) atoms. The molecule has 1 spiro atoms. The topological polar surface area (TPSA) is 119 Å². The third-order valence-corrected chi connectivity index (χ3v) is 11.1. The van der Waals surface area contributed by atoms with Gasteiger partial charge in [-0.3, -0.25) is 9.36 Å². The van der Waals surface area contributed by atoms with Crippen molar-refractivity contribution in [2.24, 2.45) is 23.7 Å². The largest absolute Gasteiger partial charge is 0.504 e. The zero-order valence-corrected chi connectivity index (χ0v) is 27.2. The van der Waals surface area contributed by atoms with E-state index in [0.29, 0.717) is 46.8 Å². The van der Waals surface area contributed by atoms with Crippen molar-refractivity contribution >= 4 is 16.9 Å². The number of hydrogen-bond acceptors (Lipinski definition) is 9. The van der Waals surface area contributed by atoms with E-state index in [9.17, 15) is 14.7 Å². The van der Waals surface area contributed by atoms with Gasteiger partial charge in [0.05, 0.1) is 18.2 Å². The van der Waals surface area contributed by atoms with Gasteiger partial charge in [0, 0.05) is 18.8 Å². The number of aromatic hydroxyl groups is 1. The van der Waals surface area contributed by atoms with E-state index < -0.39 is 23.4 Å². The summed E-state index contributed by atoms with van der Waals surface area (Å²) in [7, 11) is 0. The normalized spacial score (nSPS) is 33.5. The first kappa shape index (κ1) is 31.4. The number of oxazole rings is 1. The minimum atomic E-state index is -0.781. The number of phenols is 1. The van der Waals surface area contributed by atoms with Crippen LogP contribution in [0.2, 0.25) is 0 Å². The van der Waals surface area contributed by atoms with Crippen molar-refractivity contribution in [3.8, 4) is 11.5 Å². The molecule has 4 aliphatic heterocycles. The van der Waals surface area contributed by atoms with Gasteiger partial charge in [-0.2, -0.15) is 0 Å². The molecule has 1 saturated carbocycles. The highest BCUT2D eigenvalue weighted by molar-refractivity contribution is 5.80. The number of rotatable bonds is 10. The molecule has 10 nitrogen and oxygen atoms in total. The smallest absolute Gasteiger partial charge is 0.420 e. The first-order valence-electron chi connectivity index (χ1n) is 16.8. The molecule has 1 N–H and O–H groups in total. The van der Waals surface area contributed by atoms with Crippen molar-refractivity contribution in [3.63, 3.8) is 0 Å². The fourth-order valence-electron chi connectivity index (χ4n) is 8.49. The van der Waals surface area contributed by atoms with Gasteiger partial charge in [0.1, 0.15) is 6.61 Å². The van der Waals surface area contributed by atoms with Crippen LogP contribution in [-0.2, 0) is 30.6 Å². The van der Waals surface area contributed by atoms with E-state index in [1.54, 1.807) is 24.3 Å². The molecule has 0 unspecified atom stereocenters. The zero-order valence-electron chi connectivity index (χ0n) is 27.2. The maximum atomic E-state index is 12.7. The molecule has 3 aromatic rings. The van der Waals surface area contributed by atoms with E-state index in [0.717, 1.165) is 44.1 Å². The molecule has 5 heterocycles. The lowest BCUT2D eigenvalue weighted by Crippen LogP contribution is -2.70. The molecule has 5 fully saturated rings. The average molecular weight is 636 g/mol. The predicted octanol–water partition coefficient (Wildman–Crippen LogP) is 6.42. The SMILES string of the molecule is Cc1ccc2oc(=O)n(Cc3ccc(OCC(=O)CCCC[C@@H]4O[C@@H]5O[C@]6(C)CC[C@H]7[C@H](C)CC[C@@H]([C@H]4C)[C@@]57OO6)c(O)c3)c2c1. The number of phenolic OH excluding ortho intramolecular Hbond substituents is 1. The molecule has 4 saturated heterocycles. The van der Waals surface area contributed by atoms with Gasteiger partial charge in [0.25, 0.3) is 0 Å². The highest BCUT2D eigenvalue weighted by Crippen LogP contribution is 2.60. The Morgan fingerprint density at radius 3 is 2.74 bits per heavy atom. The summed E-state index contributed by atoms with van der Waals surface area (Å²) in [5, 5.41) is 10.6. The van der Waals surface area contributed by atoms with E-state index in [-0.39, 0.29) is 36.5 Å². The van der Waals surface area contributed by atoms with Crippen LogP contribution in [0.4, 0.5) is 0 Å². The Morgan fingerprint density at radius 1 is 1.07 bits per heavy atom. The quantitative estimate of drug-likeness (QED) is 0.199. The molecule has 8 rings (SSSR count). The molecular weight excluding hydrogens is 590 g/mol. The van der Waals surface area contributed by atoms with Crippen molar-refractivity contribution < 1.29 is 38.3 Å². The van der Waals surface area contributed by atoms with E-state index in [4.69, 9.17) is 28.4 Å². The van der Waals surface area contributed by atoms with Crippen molar-refractivity contribution in [2.75, 3.05) is 6.61 Å². The monoisotopic (exact) mass is 635 g/mol. The van der Waals surface area contributed by atoms with Gasteiger partial charge in [-0.15, -0.1) is 0 Å². The summed E-state index contributed by atoms with van der Waals surface area (Å²) in [5.41, 5.74) is 2.39. The molecule has 0 amide bonds. The fourth-order valence-corrected chi connectivity index (χ4v) is 8.49. The Hall–Kier alpha value is -3.18. The van der Waals surface area contributed by atoms with Gasteiger partial charge >= 0.3 is 5.76 Å². The van der Waals surface area contributed by atoms with Crippen molar-refractivity contribution in [1.29, 1.82) is 0 Å². The van der Waals surface area contributed by atoms with Crippen molar-refractivity contribution in [3.05, 3.63) is 58.1 Å². The number of carbonyl (C=O) groups excluding carboxylic acids is 1. The minimum Gasteiger partial charge on any atom is -0.504 e. The van der Waals surface area contributed by atoms with Gasteiger partial charge in [-0.05, 0) is 99.1 Å². The van der Waals surface area contributed by atoms with Crippen LogP contribution in [0.1, 0.15) is 83.3 Å². The Morgan fingerprint density at radius 2 is 1.91 bits per heavy atom. The highest BCUT2D eigenvalue weighted by Gasteiger charge is 2.69. The number of Topliss-reactive ketones (excluding diaryl/α,β-unsaturated/α-hetero) is 1. The number of unbranched alkanes of at least 4 members (excludes halogenated alkanes) is 1. The molecule has 8 atom stereocenters. The van der Waals surface area contributed by atoms with Crippen LogP contribution in [0.5, 0.6) is 11.5 Å². The maximum absolute atomic E-state index is 12.7. The number of fused-ring (bicyclic) bond motifs is 3. The molecular formula is C36H45NO9. The summed E-state index contributed by atoms with van der Waals surface area (Å²) < 4.78 is 25.7. The second-order valence-electron chi connectivity index (χ2n) is 14.2. The number of aryl methyl sites for hydroxylation is 1. The summed E-state index contributed by atoms with van der Waals surface area (Å²) in [5.74, 6) is 0.358. The number of benzene rings is 2. The van der Waals surface area contributed by atoms with E-state index in [2.05, 4.69) is 13.8 Å². The van der Waals surface area contributed by atoms with Gasteiger partial charge in [-0.25, -0.2) is 14.6 Å². The number of hydrogen-bond donors (Lipinski definition) is 1.